The van der Waals surface area contributed by atoms with Crippen LogP contribution in [0, 0.1) is 11.8 Å². The van der Waals surface area contributed by atoms with Crippen molar-refractivity contribution in [3.63, 3.8) is 0 Å². The predicted molar refractivity (Wildman–Crippen MR) is 98.9 cm³/mol. The standard InChI is InChI=1S/C18H26N2O6S/c1-13-8-14(2)11-20(10-13)27(24,25)16-5-3-4-15(9-16)18(23)19-6-7-26-12-17(21)22/h3-5,9,13-14H,6-8,10-12H2,1-2H3,(H,19,23)(H,21,22). The first-order valence-corrected chi connectivity index (χ1v) is 10.3. The van der Waals surface area contributed by atoms with Gasteiger partial charge >= 0.3 is 5.97 Å². The molecule has 1 saturated heterocycles. The zero-order chi connectivity index (χ0) is 20.0. The first-order valence-electron chi connectivity index (χ1n) is 8.88. The third kappa shape index (κ3) is 6.02. The zero-order valence-electron chi connectivity index (χ0n) is 15.6. The smallest absolute Gasteiger partial charge is 0.329 e. The van der Waals surface area contributed by atoms with Gasteiger partial charge in [-0.1, -0.05) is 19.9 Å². The van der Waals surface area contributed by atoms with Crippen molar-refractivity contribution < 1.29 is 27.9 Å². The van der Waals surface area contributed by atoms with E-state index in [1.807, 2.05) is 13.8 Å². The molecule has 0 aromatic heterocycles. The zero-order valence-corrected chi connectivity index (χ0v) is 16.4. The van der Waals surface area contributed by atoms with Gasteiger partial charge in [0.05, 0.1) is 11.5 Å². The van der Waals surface area contributed by atoms with E-state index < -0.39 is 28.5 Å². The summed E-state index contributed by atoms with van der Waals surface area (Å²) in [5.41, 5.74) is 0.229. The summed E-state index contributed by atoms with van der Waals surface area (Å²) < 4.78 is 32.2. The third-order valence-corrected chi connectivity index (χ3v) is 6.15. The molecule has 1 amide bonds. The Labute approximate surface area is 159 Å². The number of piperidine rings is 1. The number of amides is 1. The summed E-state index contributed by atoms with van der Waals surface area (Å²) >= 11 is 0. The Hall–Kier alpha value is -1.97. The quantitative estimate of drug-likeness (QED) is 0.636. The van der Waals surface area contributed by atoms with E-state index in [-0.39, 0.29) is 23.6 Å². The molecule has 8 nitrogen and oxygen atoms in total. The van der Waals surface area contributed by atoms with Crippen LogP contribution in [0.25, 0.3) is 0 Å². The second-order valence-corrected chi connectivity index (χ2v) is 8.94. The maximum absolute atomic E-state index is 12.9. The predicted octanol–water partition coefficient (Wildman–Crippen LogP) is 1.18. The fourth-order valence-corrected chi connectivity index (χ4v) is 4.97. The molecule has 27 heavy (non-hydrogen) atoms. The molecule has 0 bridgehead atoms. The number of carboxylic acid groups (broad SMARTS) is 1. The van der Waals surface area contributed by atoms with Gasteiger partial charge in [-0.25, -0.2) is 13.2 Å². The molecular weight excluding hydrogens is 372 g/mol. The van der Waals surface area contributed by atoms with Crippen molar-refractivity contribution in [2.75, 3.05) is 32.8 Å². The second-order valence-electron chi connectivity index (χ2n) is 7.00. The van der Waals surface area contributed by atoms with Crippen LogP contribution in [0.5, 0.6) is 0 Å². The Balaban J connectivity index is 2.03. The summed E-state index contributed by atoms with van der Waals surface area (Å²) in [6.07, 6.45) is 0.998. The van der Waals surface area contributed by atoms with Crippen LogP contribution in [0.2, 0.25) is 0 Å². The first-order chi connectivity index (χ1) is 12.7. The molecule has 2 atom stereocenters. The van der Waals surface area contributed by atoms with Gasteiger partial charge in [-0.3, -0.25) is 4.79 Å². The number of nitrogens with zero attached hydrogens (tertiary/aromatic N) is 1. The van der Waals surface area contributed by atoms with Gasteiger partial charge in [-0.05, 0) is 36.5 Å². The van der Waals surface area contributed by atoms with Gasteiger partial charge in [0.1, 0.15) is 6.61 Å². The Morgan fingerprint density at radius 3 is 2.56 bits per heavy atom. The summed E-state index contributed by atoms with van der Waals surface area (Å²) in [7, 11) is -3.66. The van der Waals surface area contributed by atoms with Crippen molar-refractivity contribution in [3.05, 3.63) is 29.8 Å². The summed E-state index contributed by atoms with van der Waals surface area (Å²) in [6.45, 7) is 4.77. The Bertz CT molecular complexity index is 770. The molecule has 0 spiro atoms. The van der Waals surface area contributed by atoms with Gasteiger partial charge < -0.3 is 15.2 Å². The van der Waals surface area contributed by atoms with Gasteiger partial charge in [0.15, 0.2) is 0 Å². The highest BCUT2D eigenvalue weighted by Crippen LogP contribution is 2.26. The summed E-state index contributed by atoms with van der Waals surface area (Å²) in [5.74, 6) is -0.937. The molecule has 0 aliphatic carbocycles. The lowest BCUT2D eigenvalue weighted by Crippen LogP contribution is -2.42. The summed E-state index contributed by atoms with van der Waals surface area (Å²) in [4.78, 5) is 22.7. The van der Waals surface area contributed by atoms with Crippen molar-refractivity contribution >= 4 is 21.9 Å². The number of sulfonamides is 1. The maximum Gasteiger partial charge on any atom is 0.329 e. The molecule has 9 heteroatoms. The van der Waals surface area contributed by atoms with E-state index >= 15 is 0 Å². The second kappa shape index (κ2) is 9.29. The molecule has 1 aliphatic rings. The van der Waals surface area contributed by atoms with Crippen molar-refractivity contribution in [2.45, 2.75) is 25.2 Å². The normalized spacial score (nSPS) is 21.0. The number of carbonyl (C=O) groups excluding carboxylic acids is 1. The molecule has 1 aromatic carbocycles. The van der Waals surface area contributed by atoms with Crippen LogP contribution in [0.3, 0.4) is 0 Å². The summed E-state index contributed by atoms with van der Waals surface area (Å²) in [5, 5.41) is 11.1. The number of rotatable bonds is 8. The number of carboxylic acids is 1. The molecule has 0 saturated carbocycles. The van der Waals surface area contributed by atoms with Crippen LogP contribution in [0.4, 0.5) is 0 Å². The molecule has 1 heterocycles. The van der Waals surface area contributed by atoms with Crippen LogP contribution in [0.15, 0.2) is 29.2 Å². The lowest BCUT2D eigenvalue weighted by molar-refractivity contribution is -0.142. The number of hydrogen-bond donors (Lipinski definition) is 2. The number of benzene rings is 1. The van der Waals surface area contributed by atoms with Gasteiger partial charge in [0.25, 0.3) is 5.91 Å². The molecular formula is C18H26N2O6S. The fraction of sp³-hybridized carbons (Fsp3) is 0.556. The van der Waals surface area contributed by atoms with Crippen molar-refractivity contribution in [1.29, 1.82) is 0 Å². The van der Waals surface area contributed by atoms with E-state index in [1.165, 1.54) is 22.5 Å². The third-order valence-electron chi connectivity index (χ3n) is 4.33. The molecule has 2 N–H and O–H groups in total. The van der Waals surface area contributed by atoms with E-state index in [9.17, 15) is 18.0 Å². The number of carbonyl (C=O) groups is 2. The van der Waals surface area contributed by atoms with E-state index in [1.54, 1.807) is 6.07 Å². The molecule has 0 radical (unpaired) electrons. The molecule has 1 fully saturated rings. The maximum atomic E-state index is 12.9. The lowest BCUT2D eigenvalue weighted by Gasteiger charge is -2.34. The summed E-state index contributed by atoms with van der Waals surface area (Å²) in [6, 6.07) is 5.94. The van der Waals surface area contributed by atoms with Gasteiger partial charge in [0, 0.05) is 25.2 Å². The Kier molecular flexibility index (Phi) is 7.34. The van der Waals surface area contributed by atoms with Crippen LogP contribution in [-0.2, 0) is 19.6 Å². The topological polar surface area (TPSA) is 113 Å². The van der Waals surface area contributed by atoms with E-state index in [2.05, 4.69) is 5.32 Å². The van der Waals surface area contributed by atoms with E-state index in [0.29, 0.717) is 24.9 Å². The van der Waals surface area contributed by atoms with E-state index in [4.69, 9.17) is 9.84 Å². The number of hydrogen-bond acceptors (Lipinski definition) is 5. The lowest BCUT2D eigenvalue weighted by atomic mass is 9.94. The first kappa shape index (κ1) is 21.3. The Morgan fingerprint density at radius 2 is 1.93 bits per heavy atom. The molecule has 2 unspecified atom stereocenters. The molecule has 1 aliphatic heterocycles. The minimum atomic E-state index is -3.66. The SMILES string of the molecule is CC1CC(C)CN(S(=O)(=O)c2cccc(C(=O)NCCOCC(=O)O)c2)C1. The van der Waals surface area contributed by atoms with Gasteiger partial charge in [0.2, 0.25) is 10.0 Å². The number of aliphatic carboxylic acids is 1. The van der Waals surface area contributed by atoms with Crippen LogP contribution < -0.4 is 5.32 Å². The number of ether oxygens (including phenoxy) is 1. The van der Waals surface area contributed by atoms with Crippen LogP contribution in [0.1, 0.15) is 30.6 Å². The average molecular weight is 398 g/mol. The molecule has 1 aromatic rings. The highest BCUT2D eigenvalue weighted by atomic mass is 32.2. The van der Waals surface area contributed by atoms with E-state index in [0.717, 1.165) is 6.42 Å². The molecule has 150 valence electrons. The monoisotopic (exact) mass is 398 g/mol. The van der Waals surface area contributed by atoms with Crippen LogP contribution in [-0.4, -0.2) is 62.6 Å². The fourth-order valence-electron chi connectivity index (χ4n) is 3.25. The van der Waals surface area contributed by atoms with Gasteiger partial charge in [-0.15, -0.1) is 0 Å². The Morgan fingerprint density at radius 1 is 1.26 bits per heavy atom. The average Bonchev–Trinajstić information content (AvgIpc) is 2.60. The highest BCUT2D eigenvalue weighted by molar-refractivity contribution is 7.89. The van der Waals surface area contributed by atoms with Crippen molar-refractivity contribution in [3.8, 4) is 0 Å². The van der Waals surface area contributed by atoms with Crippen molar-refractivity contribution in [1.82, 2.24) is 9.62 Å². The molecule has 2 rings (SSSR count). The minimum Gasteiger partial charge on any atom is -0.480 e. The van der Waals surface area contributed by atoms with Crippen LogP contribution >= 0.6 is 0 Å². The largest absolute Gasteiger partial charge is 0.480 e. The van der Waals surface area contributed by atoms with Gasteiger partial charge in [-0.2, -0.15) is 4.31 Å². The minimum absolute atomic E-state index is 0.0551. The van der Waals surface area contributed by atoms with Crippen molar-refractivity contribution in [2.24, 2.45) is 11.8 Å². The number of nitrogens with one attached hydrogen (secondary N) is 1. The highest BCUT2D eigenvalue weighted by Gasteiger charge is 2.31.